The summed E-state index contributed by atoms with van der Waals surface area (Å²) in [6.45, 7) is 2.92. The topological polar surface area (TPSA) is 73.6 Å². The molecule has 23 heavy (non-hydrogen) atoms. The van der Waals surface area contributed by atoms with Gasteiger partial charge in [-0.25, -0.2) is 9.78 Å². The van der Waals surface area contributed by atoms with Crippen LogP contribution >= 0.6 is 0 Å². The summed E-state index contributed by atoms with van der Waals surface area (Å²) < 4.78 is 12.3. The molecule has 0 bridgehead atoms. The molecular weight excluding hydrogens is 296 g/mol. The number of rotatable bonds is 6. The van der Waals surface area contributed by atoms with Gasteiger partial charge in [0.15, 0.2) is 0 Å². The highest BCUT2D eigenvalue weighted by atomic mass is 16.5. The standard InChI is InChI=1S/C17H20N2O4/c1-13(14-5-3-2-4-6-14)19-12-18-7-15(19)16(21)23-11-17(8-20)9-22-10-17/h2-7,12-13,20H,8-11H2,1H3/t13-/m1/s1. The van der Waals surface area contributed by atoms with Crippen LogP contribution in [0.3, 0.4) is 0 Å². The zero-order valence-corrected chi connectivity index (χ0v) is 13.0. The Labute approximate surface area is 134 Å². The Morgan fingerprint density at radius 3 is 2.78 bits per heavy atom. The average Bonchev–Trinajstić information content (AvgIpc) is 3.04. The summed E-state index contributed by atoms with van der Waals surface area (Å²) in [7, 11) is 0. The van der Waals surface area contributed by atoms with Crippen molar-refractivity contribution in [2.45, 2.75) is 13.0 Å². The normalized spacial score (nSPS) is 17.3. The molecule has 122 valence electrons. The molecule has 0 radical (unpaired) electrons. The zero-order valence-electron chi connectivity index (χ0n) is 13.0. The van der Waals surface area contributed by atoms with Gasteiger partial charge in [-0.3, -0.25) is 0 Å². The van der Waals surface area contributed by atoms with E-state index in [9.17, 15) is 9.90 Å². The molecular formula is C17H20N2O4. The number of hydrogen-bond donors (Lipinski definition) is 1. The van der Waals surface area contributed by atoms with E-state index in [-0.39, 0.29) is 19.3 Å². The highest BCUT2D eigenvalue weighted by Gasteiger charge is 2.39. The second kappa shape index (κ2) is 6.52. The lowest BCUT2D eigenvalue weighted by atomic mass is 9.88. The van der Waals surface area contributed by atoms with E-state index < -0.39 is 11.4 Å². The van der Waals surface area contributed by atoms with Crippen molar-refractivity contribution >= 4 is 5.97 Å². The van der Waals surface area contributed by atoms with Crippen LogP contribution in [0.1, 0.15) is 29.0 Å². The molecule has 0 unspecified atom stereocenters. The molecule has 0 amide bonds. The first-order valence-electron chi connectivity index (χ1n) is 7.58. The predicted molar refractivity (Wildman–Crippen MR) is 83.1 cm³/mol. The second-order valence-corrected chi connectivity index (χ2v) is 6.00. The van der Waals surface area contributed by atoms with Gasteiger partial charge in [0.2, 0.25) is 0 Å². The van der Waals surface area contributed by atoms with Gasteiger partial charge in [-0.15, -0.1) is 0 Å². The van der Waals surface area contributed by atoms with Crippen LogP contribution in [0.25, 0.3) is 0 Å². The lowest BCUT2D eigenvalue weighted by molar-refractivity contribution is -0.159. The van der Waals surface area contributed by atoms with Crippen LogP contribution < -0.4 is 0 Å². The number of carbonyl (C=O) groups is 1. The SMILES string of the molecule is C[C@H](c1ccccc1)n1cncc1C(=O)OCC1(CO)COC1. The maximum atomic E-state index is 12.4. The molecule has 1 fully saturated rings. The van der Waals surface area contributed by atoms with Crippen LogP contribution in [0.5, 0.6) is 0 Å². The maximum absolute atomic E-state index is 12.4. The second-order valence-electron chi connectivity index (χ2n) is 6.00. The third-order valence-corrected chi connectivity index (χ3v) is 4.24. The Bertz CT molecular complexity index is 659. The fourth-order valence-corrected chi connectivity index (χ4v) is 2.57. The predicted octanol–water partition coefficient (Wildman–Crippen LogP) is 1.66. The Kier molecular flexibility index (Phi) is 4.45. The van der Waals surface area contributed by atoms with Gasteiger partial charge in [-0.05, 0) is 12.5 Å². The van der Waals surface area contributed by atoms with E-state index in [1.165, 1.54) is 6.20 Å². The van der Waals surface area contributed by atoms with Crippen molar-refractivity contribution in [1.82, 2.24) is 9.55 Å². The summed E-state index contributed by atoms with van der Waals surface area (Å²) in [5, 5.41) is 9.38. The van der Waals surface area contributed by atoms with E-state index in [2.05, 4.69) is 4.98 Å². The lowest BCUT2D eigenvalue weighted by Gasteiger charge is -2.38. The molecule has 1 aromatic carbocycles. The van der Waals surface area contributed by atoms with E-state index in [1.807, 2.05) is 37.3 Å². The largest absolute Gasteiger partial charge is 0.460 e. The fraction of sp³-hybridized carbons (Fsp3) is 0.412. The Morgan fingerprint density at radius 2 is 2.17 bits per heavy atom. The van der Waals surface area contributed by atoms with Gasteiger partial charge < -0.3 is 19.1 Å². The molecule has 3 rings (SSSR count). The molecule has 0 saturated carbocycles. The molecule has 1 atom stereocenters. The summed E-state index contributed by atoms with van der Waals surface area (Å²) >= 11 is 0. The van der Waals surface area contributed by atoms with Gasteiger partial charge in [0.25, 0.3) is 0 Å². The molecule has 1 N–H and O–H groups in total. The Balaban J connectivity index is 1.71. The van der Waals surface area contributed by atoms with Crippen LogP contribution in [-0.4, -0.2) is 47.1 Å². The summed E-state index contributed by atoms with van der Waals surface area (Å²) in [6.07, 6.45) is 3.13. The number of benzene rings is 1. The number of aromatic nitrogens is 2. The Morgan fingerprint density at radius 1 is 1.43 bits per heavy atom. The summed E-state index contributed by atoms with van der Waals surface area (Å²) in [6, 6.07) is 9.86. The van der Waals surface area contributed by atoms with Crippen LogP contribution in [0.2, 0.25) is 0 Å². The average molecular weight is 316 g/mol. The van der Waals surface area contributed by atoms with Crippen molar-refractivity contribution in [1.29, 1.82) is 0 Å². The summed E-state index contributed by atoms with van der Waals surface area (Å²) in [4.78, 5) is 16.4. The number of esters is 1. The van der Waals surface area contributed by atoms with E-state index in [1.54, 1.807) is 10.9 Å². The first kappa shape index (κ1) is 15.7. The molecule has 2 aromatic rings. The van der Waals surface area contributed by atoms with Gasteiger partial charge in [-0.2, -0.15) is 0 Å². The van der Waals surface area contributed by atoms with Crippen molar-refractivity contribution in [3.8, 4) is 0 Å². The minimum Gasteiger partial charge on any atom is -0.460 e. The minimum absolute atomic E-state index is 0.0277. The van der Waals surface area contributed by atoms with Gasteiger partial charge in [0.05, 0.1) is 43.8 Å². The van der Waals surface area contributed by atoms with Gasteiger partial charge in [0.1, 0.15) is 12.3 Å². The smallest absolute Gasteiger partial charge is 0.356 e. The van der Waals surface area contributed by atoms with E-state index in [0.717, 1.165) is 5.56 Å². The van der Waals surface area contributed by atoms with Crippen molar-refractivity contribution in [3.05, 3.63) is 54.1 Å². The van der Waals surface area contributed by atoms with Crippen molar-refractivity contribution in [3.63, 3.8) is 0 Å². The number of nitrogens with zero attached hydrogens (tertiary/aromatic N) is 2. The number of hydrogen-bond acceptors (Lipinski definition) is 5. The quantitative estimate of drug-likeness (QED) is 0.821. The van der Waals surface area contributed by atoms with Crippen LogP contribution in [-0.2, 0) is 9.47 Å². The molecule has 6 heteroatoms. The summed E-state index contributed by atoms with van der Waals surface area (Å²) in [5.41, 5.74) is 1.03. The molecule has 2 heterocycles. The molecule has 1 aliphatic rings. The van der Waals surface area contributed by atoms with Crippen molar-refractivity contribution in [2.24, 2.45) is 5.41 Å². The van der Waals surface area contributed by atoms with Crippen LogP contribution in [0.15, 0.2) is 42.9 Å². The van der Waals surface area contributed by atoms with E-state index in [0.29, 0.717) is 18.9 Å². The fourth-order valence-electron chi connectivity index (χ4n) is 2.57. The highest BCUT2D eigenvalue weighted by Crippen LogP contribution is 2.27. The molecule has 6 nitrogen and oxygen atoms in total. The number of carbonyl (C=O) groups excluding carboxylic acids is 1. The monoisotopic (exact) mass is 316 g/mol. The van der Waals surface area contributed by atoms with E-state index in [4.69, 9.17) is 9.47 Å². The molecule has 0 spiro atoms. The van der Waals surface area contributed by atoms with Crippen LogP contribution in [0, 0.1) is 5.41 Å². The number of ether oxygens (including phenoxy) is 2. The molecule has 1 aliphatic heterocycles. The molecule has 1 saturated heterocycles. The van der Waals surface area contributed by atoms with E-state index >= 15 is 0 Å². The third-order valence-electron chi connectivity index (χ3n) is 4.24. The summed E-state index contributed by atoms with van der Waals surface area (Å²) in [5.74, 6) is -0.440. The van der Waals surface area contributed by atoms with Gasteiger partial charge >= 0.3 is 5.97 Å². The Hall–Kier alpha value is -2.18. The first-order valence-corrected chi connectivity index (χ1v) is 7.58. The first-order chi connectivity index (χ1) is 11.2. The van der Waals surface area contributed by atoms with Crippen molar-refractivity contribution < 1.29 is 19.4 Å². The molecule has 0 aliphatic carbocycles. The lowest BCUT2D eigenvalue weighted by Crippen LogP contribution is -2.49. The maximum Gasteiger partial charge on any atom is 0.356 e. The zero-order chi connectivity index (χ0) is 16.3. The molecule has 1 aromatic heterocycles. The number of aliphatic hydroxyl groups excluding tert-OH is 1. The van der Waals surface area contributed by atoms with Crippen molar-refractivity contribution in [2.75, 3.05) is 26.4 Å². The van der Waals surface area contributed by atoms with Crippen LogP contribution in [0.4, 0.5) is 0 Å². The number of imidazole rings is 1. The third kappa shape index (κ3) is 3.13. The van der Waals surface area contributed by atoms with Gasteiger partial charge in [-0.1, -0.05) is 30.3 Å². The minimum atomic E-state index is -0.453. The van der Waals surface area contributed by atoms with Gasteiger partial charge in [0, 0.05) is 0 Å². The highest BCUT2D eigenvalue weighted by molar-refractivity contribution is 5.87. The number of aliphatic hydroxyl groups is 1.